The molecular formula is C15H16F4N6O3S. The minimum atomic E-state index is -5.08. The van der Waals surface area contributed by atoms with Gasteiger partial charge in [0.2, 0.25) is 0 Å². The average molecular weight is 436 g/mol. The number of hydrogen-bond donors (Lipinski definition) is 2. The number of carboxylic acids is 1. The third-order valence-corrected chi connectivity index (χ3v) is 4.99. The summed E-state index contributed by atoms with van der Waals surface area (Å²) in [5.74, 6) is -1.64. The van der Waals surface area contributed by atoms with Crippen LogP contribution in [0.3, 0.4) is 0 Å². The first-order chi connectivity index (χ1) is 13.6. The topological polar surface area (TPSA) is 113 Å². The molecule has 1 amide bonds. The summed E-state index contributed by atoms with van der Waals surface area (Å²) in [7, 11) is 0. The molecule has 4 rings (SSSR count). The van der Waals surface area contributed by atoms with E-state index in [1.165, 1.54) is 11.3 Å². The van der Waals surface area contributed by atoms with Crippen molar-refractivity contribution in [3.8, 4) is 0 Å². The molecule has 0 aromatic carbocycles. The van der Waals surface area contributed by atoms with E-state index in [2.05, 4.69) is 20.5 Å². The molecule has 3 heterocycles. The monoisotopic (exact) mass is 436 g/mol. The maximum absolute atomic E-state index is 13.9. The molecule has 0 saturated heterocycles. The summed E-state index contributed by atoms with van der Waals surface area (Å²) in [5.41, 5.74) is -1.61. The van der Waals surface area contributed by atoms with Crippen LogP contribution < -0.4 is 5.32 Å². The van der Waals surface area contributed by atoms with Crippen LogP contribution in [-0.4, -0.2) is 60.0 Å². The third-order valence-electron chi connectivity index (χ3n) is 4.26. The van der Waals surface area contributed by atoms with Crippen LogP contribution >= 0.6 is 11.3 Å². The van der Waals surface area contributed by atoms with Gasteiger partial charge in [-0.15, -0.1) is 21.5 Å². The van der Waals surface area contributed by atoms with Crippen LogP contribution in [0.25, 0.3) is 0 Å². The molecule has 9 nitrogen and oxygen atoms in total. The van der Waals surface area contributed by atoms with Crippen LogP contribution in [0.5, 0.6) is 0 Å². The molecule has 0 radical (unpaired) electrons. The van der Waals surface area contributed by atoms with Gasteiger partial charge in [-0.2, -0.15) is 13.2 Å². The second kappa shape index (κ2) is 7.93. The number of carbonyl (C=O) groups is 2. The molecule has 1 fully saturated rings. The molecule has 0 bridgehead atoms. The van der Waals surface area contributed by atoms with Gasteiger partial charge in [-0.25, -0.2) is 14.2 Å². The number of alkyl halides is 4. The molecule has 2 aliphatic rings. The Bertz CT molecular complexity index is 881. The first-order valence-electron chi connectivity index (χ1n) is 8.43. The van der Waals surface area contributed by atoms with Crippen molar-refractivity contribution in [2.45, 2.75) is 44.3 Å². The molecule has 14 heteroatoms. The predicted octanol–water partition coefficient (Wildman–Crippen LogP) is 1.82. The van der Waals surface area contributed by atoms with Gasteiger partial charge in [0.05, 0.1) is 13.1 Å². The van der Waals surface area contributed by atoms with Crippen LogP contribution in [-0.2, 0) is 29.2 Å². The van der Waals surface area contributed by atoms with Crippen molar-refractivity contribution >= 4 is 28.3 Å². The summed E-state index contributed by atoms with van der Waals surface area (Å²) in [6.07, 6.45) is -2.66. The predicted molar refractivity (Wildman–Crippen MR) is 91.6 cm³/mol. The summed E-state index contributed by atoms with van der Waals surface area (Å²) >= 11 is 1.52. The van der Waals surface area contributed by atoms with Crippen LogP contribution in [0.15, 0.2) is 11.6 Å². The highest BCUT2D eigenvalue weighted by atomic mass is 32.1. The second-order valence-electron chi connectivity index (χ2n) is 6.37. The van der Waals surface area contributed by atoms with Crippen LogP contribution in [0.1, 0.15) is 24.5 Å². The Hall–Kier alpha value is -2.77. The number of rotatable bonds is 4. The van der Waals surface area contributed by atoms with Gasteiger partial charge >= 0.3 is 12.1 Å². The van der Waals surface area contributed by atoms with Crippen molar-refractivity contribution in [1.29, 1.82) is 0 Å². The Kier molecular flexibility index (Phi) is 5.73. The minimum absolute atomic E-state index is 0.328. The van der Waals surface area contributed by atoms with E-state index in [1.54, 1.807) is 11.1 Å². The first kappa shape index (κ1) is 21.0. The van der Waals surface area contributed by atoms with Crippen molar-refractivity contribution in [3.05, 3.63) is 23.2 Å². The number of thiazole rings is 1. The van der Waals surface area contributed by atoms with Gasteiger partial charge in [-0.3, -0.25) is 4.79 Å². The lowest BCUT2D eigenvalue weighted by atomic mass is 10.2. The maximum atomic E-state index is 13.9. The fourth-order valence-electron chi connectivity index (χ4n) is 2.59. The Morgan fingerprint density at radius 3 is 2.52 bits per heavy atom. The number of carboxylic acid groups (broad SMARTS) is 1. The quantitative estimate of drug-likeness (QED) is 0.703. The van der Waals surface area contributed by atoms with Crippen LogP contribution in [0, 0.1) is 0 Å². The Morgan fingerprint density at radius 1 is 1.28 bits per heavy atom. The number of fused-ring (bicyclic) bond motifs is 1. The number of aliphatic carboxylic acids is 1. The summed E-state index contributed by atoms with van der Waals surface area (Å²) in [4.78, 5) is 26.7. The number of nitrogens with one attached hydrogen (secondary N) is 1. The molecule has 1 aliphatic heterocycles. The number of nitrogens with zero attached hydrogens (tertiary/aromatic N) is 5. The maximum Gasteiger partial charge on any atom is 0.490 e. The van der Waals surface area contributed by atoms with Crippen LogP contribution in [0.4, 0.5) is 22.7 Å². The Labute approximate surface area is 165 Å². The van der Waals surface area contributed by atoms with Crippen molar-refractivity contribution < 1.29 is 32.3 Å². The zero-order chi connectivity index (χ0) is 21.2. The summed E-state index contributed by atoms with van der Waals surface area (Å²) in [6, 6.07) is 0. The van der Waals surface area contributed by atoms with Gasteiger partial charge in [-0.1, -0.05) is 0 Å². The molecule has 0 spiro atoms. The fraction of sp³-hybridized carbons (Fsp3) is 0.533. The SMILES string of the molecule is O=C(N1CCn2c(CNc3nccs3)nnc2C1)C1(F)CC1.O=C(O)C(F)(F)F. The minimum Gasteiger partial charge on any atom is -0.475 e. The second-order valence-corrected chi connectivity index (χ2v) is 7.26. The third kappa shape index (κ3) is 4.99. The van der Waals surface area contributed by atoms with Gasteiger partial charge in [0.25, 0.3) is 5.91 Å². The first-order valence-corrected chi connectivity index (χ1v) is 9.31. The molecule has 29 heavy (non-hydrogen) atoms. The van der Waals surface area contributed by atoms with Gasteiger partial charge in [0.15, 0.2) is 22.4 Å². The molecule has 2 aromatic heterocycles. The molecular weight excluding hydrogens is 420 g/mol. The van der Waals surface area contributed by atoms with E-state index >= 15 is 0 Å². The summed E-state index contributed by atoms with van der Waals surface area (Å²) < 4.78 is 47.6. The highest BCUT2D eigenvalue weighted by molar-refractivity contribution is 7.13. The fourth-order valence-corrected chi connectivity index (χ4v) is 3.12. The van der Waals surface area contributed by atoms with Gasteiger partial charge in [0.1, 0.15) is 0 Å². The van der Waals surface area contributed by atoms with E-state index in [4.69, 9.17) is 9.90 Å². The van der Waals surface area contributed by atoms with Crippen molar-refractivity contribution in [3.63, 3.8) is 0 Å². The largest absolute Gasteiger partial charge is 0.490 e. The Balaban J connectivity index is 0.000000298. The molecule has 158 valence electrons. The smallest absolute Gasteiger partial charge is 0.475 e. The van der Waals surface area contributed by atoms with Crippen molar-refractivity contribution in [1.82, 2.24) is 24.6 Å². The number of amides is 1. The summed E-state index contributed by atoms with van der Waals surface area (Å²) in [6.45, 7) is 1.95. The Morgan fingerprint density at radius 2 is 1.97 bits per heavy atom. The van der Waals surface area contributed by atoms with E-state index in [0.29, 0.717) is 44.8 Å². The van der Waals surface area contributed by atoms with Crippen LogP contribution in [0.2, 0.25) is 0 Å². The zero-order valence-corrected chi connectivity index (χ0v) is 15.6. The van der Waals surface area contributed by atoms with Crippen molar-refractivity contribution in [2.24, 2.45) is 0 Å². The van der Waals surface area contributed by atoms with Gasteiger partial charge in [0, 0.05) is 24.7 Å². The highest BCUT2D eigenvalue weighted by Gasteiger charge is 2.53. The number of hydrogen-bond acceptors (Lipinski definition) is 7. The lowest BCUT2D eigenvalue weighted by molar-refractivity contribution is -0.192. The molecule has 0 unspecified atom stereocenters. The normalized spacial score (nSPS) is 17.0. The standard InChI is InChI=1S/C13H15FN6OS.C2HF3O2/c14-13(1-2-13)11(21)19-4-5-20-9(17-18-10(20)8-19)7-16-12-15-3-6-22-12;3-2(4,5)1(6)7/h3,6H,1-2,4-5,7-8H2,(H,15,16);(H,6,7). The molecule has 0 atom stereocenters. The lowest BCUT2D eigenvalue weighted by Gasteiger charge is -2.29. The van der Waals surface area contributed by atoms with E-state index in [-0.39, 0.29) is 0 Å². The molecule has 1 saturated carbocycles. The molecule has 2 N–H and O–H groups in total. The molecule has 1 aliphatic carbocycles. The number of aromatic nitrogens is 4. The lowest BCUT2D eigenvalue weighted by Crippen LogP contribution is -2.43. The van der Waals surface area contributed by atoms with Gasteiger partial charge in [-0.05, 0) is 12.8 Å². The number of anilines is 1. The van der Waals surface area contributed by atoms with E-state index < -0.39 is 23.7 Å². The average Bonchev–Trinajstić information content (AvgIpc) is 3.08. The van der Waals surface area contributed by atoms with E-state index in [9.17, 15) is 22.4 Å². The summed E-state index contributed by atoms with van der Waals surface area (Å²) in [5, 5.41) is 21.3. The van der Waals surface area contributed by atoms with Gasteiger partial charge < -0.3 is 19.9 Å². The van der Waals surface area contributed by atoms with E-state index in [0.717, 1.165) is 11.0 Å². The highest BCUT2D eigenvalue weighted by Crippen LogP contribution is 2.41. The van der Waals surface area contributed by atoms with Crippen molar-refractivity contribution in [2.75, 3.05) is 11.9 Å². The number of halogens is 4. The number of carbonyl (C=O) groups excluding carboxylic acids is 1. The zero-order valence-electron chi connectivity index (χ0n) is 14.8. The molecule has 2 aromatic rings. The van der Waals surface area contributed by atoms with E-state index in [1.807, 2.05) is 9.95 Å².